The van der Waals surface area contributed by atoms with Gasteiger partial charge in [-0.3, -0.25) is 0 Å². The molecule has 1 aromatic rings. The summed E-state index contributed by atoms with van der Waals surface area (Å²) in [6.45, 7) is 11.1. The fourth-order valence-electron chi connectivity index (χ4n) is 2.57. The van der Waals surface area contributed by atoms with Gasteiger partial charge in [-0.25, -0.2) is 4.79 Å². The number of rotatable bonds is 3. The second kappa shape index (κ2) is 5.64. The average Bonchev–Trinajstić information content (AvgIpc) is 2.94. The summed E-state index contributed by atoms with van der Waals surface area (Å²) >= 11 is 1.44. The quantitative estimate of drug-likeness (QED) is 0.869. The van der Waals surface area contributed by atoms with Crippen molar-refractivity contribution in [1.29, 1.82) is 0 Å². The molecule has 0 saturated carbocycles. The Morgan fingerprint density at radius 1 is 1.55 bits per heavy atom. The Bertz CT molecular complexity index is 491. The van der Waals surface area contributed by atoms with Gasteiger partial charge in [-0.15, -0.1) is 11.3 Å². The molecule has 0 aromatic carbocycles. The number of thiophene rings is 1. The first-order valence-electron chi connectivity index (χ1n) is 7.14. The molecule has 0 amide bonds. The van der Waals surface area contributed by atoms with E-state index in [0.29, 0.717) is 28.5 Å². The van der Waals surface area contributed by atoms with Crippen LogP contribution in [0.15, 0.2) is 6.07 Å². The molecule has 20 heavy (non-hydrogen) atoms. The van der Waals surface area contributed by atoms with Crippen LogP contribution in [0.4, 0.5) is 10.7 Å². The van der Waals surface area contributed by atoms with E-state index in [0.717, 1.165) is 18.1 Å². The fraction of sp³-hybridized carbons (Fsp3) is 0.667. The van der Waals surface area contributed by atoms with Gasteiger partial charge in [0, 0.05) is 13.1 Å². The highest BCUT2D eigenvalue weighted by Gasteiger charge is 2.33. The molecule has 5 heteroatoms. The number of hydrogen-bond acceptors (Lipinski definition) is 5. The molecule has 0 spiro atoms. The first-order valence-corrected chi connectivity index (χ1v) is 7.96. The lowest BCUT2D eigenvalue weighted by molar-refractivity contribution is 0.0533. The number of nitrogens with two attached hydrogens (primary N) is 1. The second-order valence-electron chi connectivity index (χ2n) is 6.39. The Balaban J connectivity index is 2.12. The molecule has 2 heterocycles. The Morgan fingerprint density at radius 3 is 2.80 bits per heavy atom. The third-order valence-corrected chi connectivity index (χ3v) is 5.12. The molecule has 1 unspecified atom stereocenters. The number of ether oxygens (including phenoxy) is 1. The first-order chi connectivity index (χ1) is 9.32. The lowest BCUT2D eigenvalue weighted by atomic mass is 9.80. The van der Waals surface area contributed by atoms with Gasteiger partial charge in [-0.05, 0) is 30.7 Å². The molecule has 1 saturated heterocycles. The van der Waals surface area contributed by atoms with E-state index in [1.54, 1.807) is 6.92 Å². The van der Waals surface area contributed by atoms with Crippen LogP contribution in [-0.4, -0.2) is 25.7 Å². The van der Waals surface area contributed by atoms with Crippen molar-refractivity contribution in [3.05, 3.63) is 10.9 Å². The van der Waals surface area contributed by atoms with Crippen LogP contribution in [0.5, 0.6) is 0 Å². The highest BCUT2D eigenvalue weighted by Crippen LogP contribution is 2.39. The molecule has 1 aliphatic rings. The van der Waals surface area contributed by atoms with Gasteiger partial charge in [0.05, 0.1) is 17.3 Å². The van der Waals surface area contributed by atoms with Gasteiger partial charge in [0.15, 0.2) is 0 Å². The van der Waals surface area contributed by atoms with Crippen LogP contribution >= 0.6 is 11.3 Å². The minimum absolute atomic E-state index is 0.312. The lowest BCUT2D eigenvalue weighted by Crippen LogP contribution is -2.25. The van der Waals surface area contributed by atoms with Crippen molar-refractivity contribution in [1.82, 2.24) is 0 Å². The highest BCUT2D eigenvalue weighted by atomic mass is 32.1. The van der Waals surface area contributed by atoms with E-state index in [2.05, 4.69) is 25.7 Å². The van der Waals surface area contributed by atoms with Gasteiger partial charge in [0.25, 0.3) is 0 Å². The third kappa shape index (κ3) is 3.08. The summed E-state index contributed by atoms with van der Waals surface area (Å²) in [6, 6.07) is 1.90. The number of hydrogen-bond donors (Lipinski definition) is 1. The summed E-state index contributed by atoms with van der Waals surface area (Å²) in [7, 11) is 0. The molecular formula is C15H24N2O2S. The van der Waals surface area contributed by atoms with Crippen molar-refractivity contribution in [3.63, 3.8) is 0 Å². The Hall–Kier alpha value is -1.23. The van der Waals surface area contributed by atoms with Gasteiger partial charge >= 0.3 is 5.97 Å². The number of nitrogen functional groups attached to an aromatic ring is 1. The normalized spacial score (nSPS) is 19.4. The molecule has 4 nitrogen and oxygen atoms in total. The molecule has 0 bridgehead atoms. The fourth-order valence-corrected chi connectivity index (χ4v) is 3.58. The second-order valence-corrected chi connectivity index (χ2v) is 7.42. The molecular weight excluding hydrogens is 272 g/mol. The predicted octanol–water partition coefficient (Wildman–Crippen LogP) is 3.38. The standard InChI is InChI=1S/C15H24N2O2S/c1-5-19-14(18)13-11(16)8-12(20-13)17-7-6-10(9-17)15(2,3)4/h8,10H,5-7,9,16H2,1-4H3. The summed E-state index contributed by atoms with van der Waals surface area (Å²) in [5, 5.41) is 1.08. The van der Waals surface area contributed by atoms with Gasteiger partial charge in [0.1, 0.15) is 4.88 Å². The van der Waals surface area contributed by atoms with Gasteiger partial charge < -0.3 is 15.4 Å². The molecule has 1 fully saturated rings. The van der Waals surface area contributed by atoms with Crippen molar-refractivity contribution in [2.75, 3.05) is 30.3 Å². The summed E-state index contributed by atoms with van der Waals surface area (Å²) in [5.74, 6) is 0.365. The molecule has 2 N–H and O–H groups in total. The maximum absolute atomic E-state index is 11.8. The zero-order chi connectivity index (χ0) is 14.9. The largest absolute Gasteiger partial charge is 0.462 e. The van der Waals surface area contributed by atoms with Crippen LogP contribution < -0.4 is 10.6 Å². The van der Waals surface area contributed by atoms with E-state index in [1.807, 2.05) is 6.07 Å². The van der Waals surface area contributed by atoms with E-state index < -0.39 is 0 Å². The SMILES string of the molecule is CCOC(=O)c1sc(N2CCC(C(C)(C)C)C2)cc1N. The van der Waals surface area contributed by atoms with E-state index in [9.17, 15) is 4.79 Å². The smallest absolute Gasteiger partial charge is 0.350 e. The molecule has 1 aliphatic heterocycles. The third-order valence-electron chi connectivity index (χ3n) is 3.93. The molecule has 112 valence electrons. The van der Waals surface area contributed by atoms with Crippen molar-refractivity contribution in [2.45, 2.75) is 34.1 Å². The van der Waals surface area contributed by atoms with E-state index in [4.69, 9.17) is 10.5 Å². The van der Waals surface area contributed by atoms with Crippen LogP contribution in [0.2, 0.25) is 0 Å². The molecule has 0 radical (unpaired) electrons. The average molecular weight is 296 g/mol. The van der Waals surface area contributed by atoms with Gasteiger partial charge in [-0.2, -0.15) is 0 Å². The summed E-state index contributed by atoms with van der Waals surface area (Å²) in [5.41, 5.74) is 6.79. The lowest BCUT2D eigenvalue weighted by Gasteiger charge is -2.27. The Kier molecular flexibility index (Phi) is 4.28. The molecule has 1 atom stereocenters. The minimum atomic E-state index is -0.312. The van der Waals surface area contributed by atoms with E-state index >= 15 is 0 Å². The zero-order valence-corrected chi connectivity index (χ0v) is 13.5. The van der Waals surface area contributed by atoms with Crippen molar-refractivity contribution in [2.24, 2.45) is 11.3 Å². The van der Waals surface area contributed by atoms with E-state index in [1.165, 1.54) is 17.8 Å². The number of esters is 1. The number of nitrogens with zero attached hydrogens (tertiary/aromatic N) is 1. The van der Waals surface area contributed by atoms with Crippen LogP contribution in [0, 0.1) is 11.3 Å². The maximum Gasteiger partial charge on any atom is 0.350 e. The molecule has 2 rings (SSSR count). The summed E-state index contributed by atoms with van der Waals surface area (Å²) < 4.78 is 5.03. The van der Waals surface area contributed by atoms with Crippen LogP contribution in [0.25, 0.3) is 0 Å². The predicted molar refractivity (Wildman–Crippen MR) is 84.5 cm³/mol. The number of carbonyl (C=O) groups excluding carboxylic acids is 1. The molecule has 1 aromatic heterocycles. The van der Waals surface area contributed by atoms with Crippen molar-refractivity contribution >= 4 is 28.0 Å². The Morgan fingerprint density at radius 2 is 2.25 bits per heavy atom. The maximum atomic E-state index is 11.8. The topological polar surface area (TPSA) is 55.6 Å². The van der Waals surface area contributed by atoms with Crippen LogP contribution in [0.1, 0.15) is 43.8 Å². The van der Waals surface area contributed by atoms with Gasteiger partial charge in [0.2, 0.25) is 0 Å². The van der Waals surface area contributed by atoms with Gasteiger partial charge in [-0.1, -0.05) is 20.8 Å². The highest BCUT2D eigenvalue weighted by molar-refractivity contribution is 7.18. The first kappa shape index (κ1) is 15.2. The van der Waals surface area contributed by atoms with E-state index in [-0.39, 0.29) is 5.97 Å². The number of anilines is 2. The summed E-state index contributed by atoms with van der Waals surface area (Å²) in [6.07, 6.45) is 1.19. The monoisotopic (exact) mass is 296 g/mol. The van der Waals surface area contributed by atoms with Crippen molar-refractivity contribution < 1.29 is 9.53 Å². The minimum Gasteiger partial charge on any atom is -0.462 e. The Labute approximate surface area is 124 Å². The number of carbonyl (C=O) groups is 1. The van der Waals surface area contributed by atoms with Crippen LogP contribution in [0.3, 0.4) is 0 Å². The molecule has 0 aliphatic carbocycles. The van der Waals surface area contributed by atoms with Crippen LogP contribution in [-0.2, 0) is 4.74 Å². The summed E-state index contributed by atoms with van der Waals surface area (Å²) in [4.78, 5) is 14.7. The van der Waals surface area contributed by atoms with Crippen molar-refractivity contribution in [3.8, 4) is 0 Å². The zero-order valence-electron chi connectivity index (χ0n) is 12.7.